The van der Waals surface area contributed by atoms with E-state index in [1.54, 1.807) is 17.8 Å². The first kappa shape index (κ1) is 12.3. The molecular weight excluding hydrogens is 208 g/mol. The van der Waals surface area contributed by atoms with E-state index in [9.17, 15) is 0 Å². The third kappa shape index (κ3) is 4.48. The number of quaternary nitrogens is 1. The van der Waals surface area contributed by atoms with E-state index >= 15 is 0 Å². The molecule has 0 amide bonds. The molecule has 0 spiro atoms. The van der Waals surface area contributed by atoms with Crippen molar-refractivity contribution in [3.63, 3.8) is 0 Å². The highest BCUT2D eigenvalue weighted by atomic mass is 32.2. The van der Waals surface area contributed by atoms with Crippen LogP contribution in [0.5, 0.6) is 0 Å². The zero-order valence-corrected chi connectivity index (χ0v) is 10.6. The van der Waals surface area contributed by atoms with Gasteiger partial charge in [0.1, 0.15) is 5.82 Å². The van der Waals surface area contributed by atoms with E-state index in [4.69, 9.17) is 5.73 Å². The molecule has 0 saturated carbocycles. The number of nitrogens with one attached hydrogen (secondary N) is 1. The van der Waals surface area contributed by atoms with Crippen LogP contribution >= 0.6 is 11.8 Å². The van der Waals surface area contributed by atoms with Crippen molar-refractivity contribution in [3.05, 3.63) is 11.8 Å². The molecule has 0 fully saturated rings. The van der Waals surface area contributed by atoms with Gasteiger partial charge < -0.3 is 10.6 Å². The number of rotatable bonds is 4. The molecule has 1 atom stereocenters. The number of thioether (sulfide) groups is 1. The van der Waals surface area contributed by atoms with E-state index < -0.39 is 0 Å². The SMILES string of the molecule is Cc1cc(N)nc(S[C@@H](C)C[NH+](C)C)n1. The smallest absolute Gasteiger partial charge is 0.190 e. The molecule has 0 aromatic carbocycles. The Morgan fingerprint density at radius 2 is 2.13 bits per heavy atom. The van der Waals surface area contributed by atoms with E-state index in [1.165, 1.54) is 4.90 Å². The summed E-state index contributed by atoms with van der Waals surface area (Å²) in [5.74, 6) is 0.550. The molecule has 0 unspecified atom stereocenters. The Morgan fingerprint density at radius 1 is 1.47 bits per heavy atom. The number of nitrogens with zero attached hydrogens (tertiary/aromatic N) is 2. The predicted octanol–water partition coefficient (Wildman–Crippen LogP) is -0.00768. The second-order valence-corrected chi connectivity index (χ2v) is 5.46. The fourth-order valence-electron chi connectivity index (χ4n) is 1.41. The fourth-order valence-corrected chi connectivity index (χ4v) is 2.55. The summed E-state index contributed by atoms with van der Waals surface area (Å²) >= 11 is 1.68. The summed E-state index contributed by atoms with van der Waals surface area (Å²) in [5.41, 5.74) is 6.59. The van der Waals surface area contributed by atoms with Crippen molar-refractivity contribution in [2.75, 3.05) is 26.4 Å². The van der Waals surface area contributed by atoms with Crippen LogP contribution < -0.4 is 10.6 Å². The van der Waals surface area contributed by atoms with E-state index in [0.29, 0.717) is 11.1 Å². The van der Waals surface area contributed by atoms with Crippen molar-refractivity contribution >= 4 is 17.6 Å². The van der Waals surface area contributed by atoms with Gasteiger partial charge in [-0.15, -0.1) is 0 Å². The molecule has 1 rings (SSSR count). The van der Waals surface area contributed by atoms with Gasteiger partial charge in [-0.25, -0.2) is 9.97 Å². The molecule has 3 N–H and O–H groups in total. The monoisotopic (exact) mass is 227 g/mol. The number of anilines is 1. The first-order valence-electron chi connectivity index (χ1n) is 5.04. The van der Waals surface area contributed by atoms with Gasteiger partial charge >= 0.3 is 0 Å². The Labute approximate surface area is 95.3 Å². The molecule has 15 heavy (non-hydrogen) atoms. The summed E-state index contributed by atoms with van der Waals surface area (Å²) in [4.78, 5) is 9.97. The van der Waals surface area contributed by atoms with Gasteiger partial charge in [-0.05, 0) is 13.8 Å². The van der Waals surface area contributed by atoms with Gasteiger partial charge in [0.2, 0.25) is 0 Å². The second kappa shape index (κ2) is 5.32. The van der Waals surface area contributed by atoms with Crippen molar-refractivity contribution in [3.8, 4) is 0 Å². The molecule has 0 bridgehead atoms. The molecule has 0 aliphatic heterocycles. The van der Waals surface area contributed by atoms with E-state index in [0.717, 1.165) is 17.4 Å². The minimum atomic E-state index is 0.496. The van der Waals surface area contributed by atoms with Crippen LogP contribution in [0.25, 0.3) is 0 Å². The number of hydrogen-bond donors (Lipinski definition) is 2. The van der Waals surface area contributed by atoms with Crippen LogP contribution in [-0.2, 0) is 0 Å². The summed E-state index contributed by atoms with van der Waals surface area (Å²) in [6.07, 6.45) is 0. The Bertz CT molecular complexity index is 307. The summed E-state index contributed by atoms with van der Waals surface area (Å²) in [6, 6.07) is 1.78. The van der Waals surface area contributed by atoms with E-state index in [-0.39, 0.29) is 0 Å². The van der Waals surface area contributed by atoms with Crippen molar-refractivity contribution in [1.29, 1.82) is 0 Å². The van der Waals surface area contributed by atoms with E-state index in [2.05, 4.69) is 31.0 Å². The first-order valence-corrected chi connectivity index (χ1v) is 5.92. The molecule has 0 aliphatic rings. The lowest BCUT2D eigenvalue weighted by Crippen LogP contribution is -3.06. The number of aryl methyl sites for hydroxylation is 1. The molecule has 5 heteroatoms. The van der Waals surface area contributed by atoms with Crippen molar-refractivity contribution in [1.82, 2.24) is 9.97 Å². The summed E-state index contributed by atoms with van der Waals surface area (Å²) in [5, 5.41) is 1.28. The standard InChI is InChI=1S/C10H18N4S/c1-7-5-9(11)13-10(12-7)15-8(2)6-14(3)4/h5,8H,6H2,1-4H3,(H2,11,12,13)/p+1/t8-/m0/s1. The van der Waals surface area contributed by atoms with Crippen LogP contribution in [0, 0.1) is 6.92 Å². The van der Waals surface area contributed by atoms with Gasteiger partial charge in [-0.1, -0.05) is 11.8 Å². The van der Waals surface area contributed by atoms with Gasteiger partial charge in [0.05, 0.1) is 25.9 Å². The lowest BCUT2D eigenvalue weighted by molar-refractivity contribution is -0.857. The third-order valence-corrected chi connectivity index (χ3v) is 2.82. The molecule has 0 aliphatic carbocycles. The zero-order valence-electron chi connectivity index (χ0n) is 9.74. The van der Waals surface area contributed by atoms with Gasteiger partial charge in [-0.2, -0.15) is 0 Å². The predicted molar refractivity (Wildman–Crippen MR) is 64.2 cm³/mol. The molecule has 1 aromatic heterocycles. The molecule has 4 nitrogen and oxygen atoms in total. The van der Waals surface area contributed by atoms with Crippen molar-refractivity contribution < 1.29 is 4.90 Å². The maximum atomic E-state index is 5.67. The minimum Gasteiger partial charge on any atom is -0.384 e. The normalized spacial score (nSPS) is 13.1. The molecule has 1 aromatic rings. The van der Waals surface area contributed by atoms with Crippen LogP contribution in [0.2, 0.25) is 0 Å². The number of hydrogen-bond acceptors (Lipinski definition) is 4. The van der Waals surface area contributed by atoms with Gasteiger partial charge in [0.25, 0.3) is 0 Å². The number of nitrogen functional groups attached to an aromatic ring is 1. The van der Waals surface area contributed by atoms with Gasteiger partial charge in [0, 0.05) is 11.8 Å². The highest BCUT2D eigenvalue weighted by molar-refractivity contribution is 7.99. The summed E-state index contributed by atoms with van der Waals surface area (Å²) < 4.78 is 0. The van der Waals surface area contributed by atoms with Crippen LogP contribution in [-0.4, -0.2) is 35.9 Å². The van der Waals surface area contributed by atoms with Crippen molar-refractivity contribution in [2.45, 2.75) is 24.3 Å². The average molecular weight is 227 g/mol. The second-order valence-electron chi connectivity index (χ2n) is 4.06. The fraction of sp³-hybridized carbons (Fsp3) is 0.600. The zero-order chi connectivity index (χ0) is 11.4. The molecule has 84 valence electrons. The van der Waals surface area contributed by atoms with Gasteiger partial charge in [-0.3, -0.25) is 0 Å². The molecule has 1 heterocycles. The average Bonchev–Trinajstić information content (AvgIpc) is 1.98. The maximum absolute atomic E-state index is 5.67. The lowest BCUT2D eigenvalue weighted by Gasteiger charge is -2.13. The van der Waals surface area contributed by atoms with Crippen LogP contribution in [0.4, 0.5) is 5.82 Å². The maximum Gasteiger partial charge on any atom is 0.190 e. The Morgan fingerprint density at radius 3 is 2.67 bits per heavy atom. The largest absolute Gasteiger partial charge is 0.384 e. The Kier molecular flexibility index (Phi) is 4.35. The first-order chi connectivity index (χ1) is 6.97. The highest BCUT2D eigenvalue weighted by Gasteiger charge is 2.10. The third-order valence-electron chi connectivity index (χ3n) is 1.86. The number of aromatic nitrogens is 2. The Balaban J connectivity index is 2.63. The van der Waals surface area contributed by atoms with Gasteiger partial charge in [0.15, 0.2) is 5.16 Å². The lowest BCUT2D eigenvalue weighted by atomic mass is 10.4. The molecule has 0 saturated heterocycles. The van der Waals surface area contributed by atoms with Crippen LogP contribution in [0.1, 0.15) is 12.6 Å². The molecule has 0 radical (unpaired) electrons. The van der Waals surface area contributed by atoms with E-state index in [1.807, 2.05) is 6.92 Å². The highest BCUT2D eigenvalue weighted by Crippen LogP contribution is 2.19. The summed E-state index contributed by atoms with van der Waals surface area (Å²) in [6.45, 7) is 5.20. The van der Waals surface area contributed by atoms with Crippen LogP contribution in [0.3, 0.4) is 0 Å². The summed E-state index contributed by atoms with van der Waals surface area (Å²) in [7, 11) is 4.28. The Hall–Kier alpha value is -0.810. The van der Waals surface area contributed by atoms with Crippen LogP contribution in [0.15, 0.2) is 11.2 Å². The quantitative estimate of drug-likeness (QED) is 0.561. The van der Waals surface area contributed by atoms with Crippen molar-refractivity contribution in [2.24, 2.45) is 0 Å². The number of nitrogens with two attached hydrogens (primary N) is 1. The topological polar surface area (TPSA) is 56.2 Å². The molecular formula is C10H19N4S+. The minimum absolute atomic E-state index is 0.496.